The van der Waals surface area contributed by atoms with E-state index in [-0.39, 0.29) is 6.10 Å². The molecule has 56 valence electrons. The maximum atomic E-state index is 11.2. The molecule has 0 aromatic carbocycles. The normalized spacial score (nSPS) is 25.0. The molecule has 1 fully saturated rings. The van der Waals surface area contributed by atoms with Crippen molar-refractivity contribution < 1.29 is 9.47 Å². The molecule has 9 heavy (non-hydrogen) atoms. The molecule has 1 heterocycles. The van der Waals surface area contributed by atoms with Crippen molar-refractivity contribution in [2.45, 2.75) is 26.4 Å². The van der Waals surface area contributed by atoms with Gasteiger partial charge in [0.05, 0.1) is 0 Å². The first-order valence-corrected chi connectivity index (χ1v) is 3.41. The van der Waals surface area contributed by atoms with Gasteiger partial charge in [-0.25, -0.2) is 0 Å². The summed E-state index contributed by atoms with van der Waals surface area (Å²) in [5.74, 6) is 0. The molecule has 0 bridgehead atoms. The summed E-state index contributed by atoms with van der Waals surface area (Å²) in [6, 6.07) is 0. The number of halogens is 1. The van der Waals surface area contributed by atoms with Crippen molar-refractivity contribution in [1.29, 1.82) is 0 Å². The van der Waals surface area contributed by atoms with Crippen molar-refractivity contribution in [2.24, 2.45) is 0 Å². The predicted octanol–water partition coefficient (Wildman–Crippen LogP) is 1.28. The first-order valence-electron chi connectivity index (χ1n) is 3.41. The molecule has 0 spiro atoms. The Labute approximate surface area is 55.3 Å². The third kappa shape index (κ3) is 3.43. The zero-order chi connectivity index (χ0) is 7.11. The Morgan fingerprint density at radius 2 is 2.22 bits per heavy atom. The van der Waals surface area contributed by atoms with E-state index >= 15 is 0 Å². The van der Waals surface area contributed by atoms with Crippen molar-refractivity contribution in [3.63, 3.8) is 0 Å². The van der Waals surface area contributed by atoms with Crippen molar-refractivity contribution in [3.05, 3.63) is 0 Å². The Morgan fingerprint density at radius 1 is 1.56 bits per heavy atom. The molecule has 3 heteroatoms. The van der Waals surface area contributed by atoms with Gasteiger partial charge in [0, 0.05) is 6.54 Å². The third-order valence-corrected chi connectivity index (χ3v) is 1.14. The monoisotopic (exact) mass is 135 g/mol. The van der Waals surface area contributed by atoms with Crippen LogP contribution in [0.5, 0.6) is 0 Å². The molecule has 1 N–H and O–H groups in total. The van der Waals surface area contributed by atoms with Crippen LogP contribution in [-0.2, 0) is 4.94 Å². The van der Waals surface area contributed by atoms with Gasteiger partial charge in [0.25, 0.3) is 0 Å². The molecule has 1 atom stereocenters. The highest BCUT2D eigenvalue weighted by atomic mass is 19.3. The van der Waals surface area contributed by atoms with Crippen molar-refractivity contribution in [3.8, 4) is 0 Å². The van der Waals surface area contributed by atoms with Gasteiger partial charge >= 0.3 is 0 Å². The summed E-state index contributed by atoms with van der Waals surface area (Å²) in [5, 5.41) is 2.96. The van der Waals surface area contributed by atoms with E-state index in [2.05, 4.69) is 10.3 Å². The van der Waals surface area contributed by atoms with E-state index in [4.69, 9.17) is 0 Å². The lowest BCUT2D eigenvalue weighted by atomic mass is 10.3. The van der Waals surface area contributed by atoms with Crippen LogP contribution in [0.2, 0.25) is 0 Å². The molecule has 0 saturated carbocycles. The fraction of sp³-hybridized carbons (Fsp3) is 1.00. The fourth-order valence-corrected chi connectivity index (χ4v) is 0.704. The Balaban J connectivity index is 0.000000291. The highest BCUT2D eigenvalue weighted by Crippen LogP contribution is 2.01. The molecule has 1 aliphatic heterocycles. The second kappa shape index (κ2) is 5.98. The van der Waals surface area contributed by atoms with E-state index in [1.54, 1.807) is 0 Å². The first kappa shape index (κ1) is 8.85. The van der Waals surface area contributed by atoms with Crippen LogP contribution in [0.25, 0.3) is 0 Å². The zero-order valence-electron chi connectivity index (χ0n) is 5.98. The summed E-state index contributed by atoms with van der Waals surface area (Å²) >= 11 is 0. The molecule has 1 unspecified atom stereocenters. The van der Waals surface area contributed by atoms with E-state index in [9.17, 15) is 4.53 Å². The minimum Gasteiger partial charge on any atom is -0.314 e. The van der Waals surface area contributed by atoms with Crippen molar-refractivity contribution >= 4 is 0 Å². The minimum absolute atomic E-state index is 0.181. The molecule has 1 aliphatic rings. The molecule has 0 aliphatic carbocycles. The molecule has 0 amide bonds. The highest BCUT2D eigenvalue weighted by Gasteiger charge is 2.14. The summed E-state index contributed by atoms with van der Waals surface area (Å²) < 4.78 is 11.2. The van der Waals surface area contributed by atoms with Crippen LogP contribution in [0.15, 0.2) is 0 Å². The second-order valence-electron chi connectivity index (χ2n) is 1.70. The van der Waals surface area contributed by atoms with Gasteiger partial charge in [-0.15, -0.1) is 0 Å². The van der Waals surface area contributed by atoms with E-state index in [0.29, 0.717) is 6.54 Å². The van der Waals surface area contributed by atoms with Crippen LogP contribution >= 0.6 is 0 Å². The number of hydrogen-bond donors (Lipinski definition) is 1. The maximum absolute atomic E-state index is 11.2. The van der Waals surface area contributed by atoms with Crippen LogP contribution in [-0.4, -0.2) is 19.2 Å². The van der Waals surface area contributed by atoms with Crippen molar-refractivity contribution in [1.82, 2.24) is 5.32 Å². The summed E-state index contributed by atoms with van der Waals surface area (Å²) in [7, 11) is 0. The lowest BCUT2D eigenvalue weighted by Crippen LogP contribution is -2.12. The Kier molecular flexibility index (Phi) is 5.88. The van der Waals surface area contributed by atoms with E-state index in [0.717, 1.165) is 13.0 Å². The summed E-state index contributed by atoms with van der Waals surface area (Å²) in [5.41, 5.74) is 0. The largest absolute Gasteiger partial charge is 0.314 e. The Morgan fingerprint density at radius 3 is 2.44 bits per heavy atom. The van der Waals surface area contributed by atoms with Crippen LogP contribution in [0.3, 0.4) is 0 Å². The molecule has 0 aromatic heterocycles. The number of hydrogen-bond acceptors (Lipinski definition) is 2. The quantitative estimate of drug-likeness (QED) is 0.584. The van der Waals surface area contributed by atoms with Crippen LogP contribution in [0.4, 0.5) is 4.53 Å². The van der Waals surface area contributed by atoms with Gasteiger partial charge < -0.3 is 5.32 Å². The molecular formula is C6H14FNO. The smallest absolute Gasteiger partial charge is 0.112 e. The third-order valence-electron chi connectivity index (χ3n) is 1.14. The van der Waals surface area contributed by atoms with Gasteiger partial charge in [-0.1, -0.05) is 13.8 Å². The SMILES string of the molecule is CC.FOC1CCNC1. The summed E-state index contributed by atoms with van der Waals surface area (Å²) in [6.45, 7) is 5.55. The van der Waals surface area contributed by atoms with Crippen LogP contribution < -0.4 is 5.32 Å². The van der Waals surface area contributed by atoms with Crippen LogP contribution in [0, 0.1) is 0 Å². The minimum atomic E-state index is -0.181. The number of rotatable bonds is 1. The van der Waals surface area contributed by atoms with Gasteiger partial charge in [0.1, 0.15) is 6.10 Å². The topological polar surface area (TPSA) is 21.3 Å². The van der Waals surface area contributed by atoms with Crippen molar-refractivity contribution in [2.75, 3.05) is 13.1 Å². The van der Waals surface area contributed by atoms with Crippen LogP contribution in [0.1, 0.15) is 20.3 Å². The van der Waals surface area contributed by atoms with Gasteiger partial charge in [-0.05, 0) is 17.5 Å². The maximum Gasteiger partial charge on any atom is 0.112 e. The van der Waals surface area contributed by atoms with E-state index < -0.39 is 0 Å². The molecule has 1 rings (SSSR count). The molecule has 0 radical (unpaired) electrons. The second-order valence-corrected chi connectivity index (χ2v) is 1.70. The predicted molar refractivity (Wildman–Crippen MR) is 34.8 cm³/mol. The standard InChI is InChI=1S/C4H8FNO.C2H6/c5-7-4-1-2-6-3-4;1-2/h4,6H,1-3H2;1-2H3. The van der Waals surface area contributed by atoms with E-state index in [1.807, 2.05) is 13.8 Å². The lowest BCUT2D eigenvalue weighted by Gasteiger charge is -1.95. The Bertz CT molecular complexity index is 55.0. The highest BCUT2D eigenvalue weighted by molar-refractivity contribution is 4.68. The fourth-order valence-electron chi connectivity index (χ4n) is 0.704. The number of nitrogens with one attached hydrogen (secondary N) is 1. The van der Waals surface area contributed by atoms with Gasteiger partial charge in [0.2, 0.25) is 0 Å². The average Bonchev–Trinajstić information content (AvgIpc) is 2.43. The average molecular weight is 135 g/mol. The molecular weight excluding hydrogens is 121 g/mol. The summed E-state index contributed by atoms with van der Waals surface area (Å²) in [4.78, 5) is 3.55. The lowest BCUT2D eigenvalue weighted by molar-refractivity contribution is -0.171. The molecule has 0 aromatic rings. The van der Waals surface area contributed by atoms with Gasteiger partial charge in [-0.3, -0.25) is 0 Å². The van der Waals surface area contributed by atoms with E-state index in [1.165, 1.54) is 0 Å². The molecule has 2 nitrogen and oxygen atoms in total. The van der Waals surface area contributed by atoms with Gasteiger partial charge in [0.15, 0.2) is 0 Å². The first-order chi connectivity index (χ1) is 4.43. The summed E-state index contributed by atoms with van der Waals surface area (Å²) in [6.07, 6.45) is 0.622. The Hall–Kier alpha value is -0.150. The molecule has 1 saturated heterocycles. The van der Waals surface area contributed by atoms with Gasteiger partial charge in [-0.2, -0.15) is 4.94 Å². The zero-order valence-corrected chi connectivity index (χ0v) is 5.98.